The summed E-state index contributed by atoms with van der Waals surface area (Å²) < 4.78 is 13.5. The molecular weight excluding hydrogens is 337 g/mol. The fourth-order valence-corrected chi connectivity index (χ4v) is 2.24. The molecule has 0 heterocycles. The first-order valence-electron chi connectivity index (χ1n) is 8.08. The second-order valence-corrected chi connectivity index (χ2v) is 6.13. The van der Waals surface area contributed by atoms with Gasteiger partial charge in [-0.05, 0) is 42.3 Å². The molecule has 2 amide bonds. The zero-order valence-corrected chi connectivity index (χ0v) is 14.9. The number of carbonyl (C=O) groups excluding carboxylic acids is 2. The van der Waals surface area contributed by atoms with Crippen molar-refractivity contribution < 1.29 is 19.1 Å². The van der Waals surface area contributed by atoms with Gasteiger partial charge in [-0.15, -0.1) is 0 Å². The summed E-state index contributed by atoms with van der Waals surface area (Å²) in [6.45, 7) is 1.48. The van der Waals surface area contributed by atoms with Gasteiger partial charge in [-0.1, -0.05) is 18.2 Å². The average Bonchev–Trinajstić information content (AvgIpc) is 2.62. The van der Waals surface area contributed by atoms with Crippen LogP contribution in [0.1, 0.15) is 17.2 Å². The Labute approximate surface area is 151 Å². The number of amides is 2. The van der Waals surface area contributed by atoms with E-state index in [0.717, 1.165) is 11.8 Å². The largest absolute Gasteiger partial charge is 0.387 e. The monoisotopic (exact) mass is 359 g/mol. The molecule has 0 aliphatic carbocycles. The fourth-order valence-electron chi connectivity index (χ4n) is 2.24. The van der Waals surface area contributed by atoms with Crippen molar-refractivity contribution in [2.45, 2.75) is 13.0 Å². The minimum absolute atomic E-state index is 0.115. The maximum Gasteiger partial charge on any atom is 0.313 e. The van der Waals surface area contributed by atoms with Crippen LogP contribution in [0.25, 0.3) is 0 Å². The molecule has 3 N–H and O–H groups in total. The standard InChI is InChI=1S/C19H22FN3O3/c1-12-4-7-14(10-16(12)20)22-19(26)18(25)21-11-17(24)13-5-8-15(9-6-13)23(2)3/h4-10,17,24H,11H2,1-3H3,(H,21,25)(H,22,26). The van der Waals surface area contributed by atoms with Crippen LogP contribution in [0, 0.1) is 12.7 Å². The van der Waals surface area contributed by atoms with Crippen molar-refractivity contribution in [1.29, 1.82) is 0 Å². The number of nitrogens with zero attached hydrogens (tertiary/aromatic N) is 1. The van der Waals surface area contributed by atoms with Crippen molar-refractivity contribution in [3.63, 3.8) is 0 Å². The van der Waals surface area contributed by atoms with Crippen molar-refractivity contribution >= 4 is 23.2 Å². The first kappa shape index (κ1) is 19.4. The lowest BCUT2D eigenvalue weighted by atomic mass is 10.1. The van der Waals surface area contributed by atoms with E-state index < -0.39 is 23.7 Å². The number of aliphatic hydroxyl groups excluding tert-OH is 1. The van der Waals surface area contributed by atoms with Crippen molar-refractivity contribution in [2.24, 2.45) is 0 Å². The van der Waals surface area contributed by atoms with E-state index in [1.165, 1.54) is 12.1 Å². The highest BCUT2D eigenvalue weighted by atomic mass is 19.1. The molecule has 0 saturated carbocycles. The van der Waals surface area contributed by atoms with Crippen LogP contribution in [0.5, 0.6) is 0 Å². The molecule has 26 heavy (non-hydrogen) atoms. The lowest BCUT2D eigenvalue weighted by Gasteiger charge is -2.15. The number of rotatable bonds is 5. The molecule has 1 atom stereocenters. The number of hydrogen-bond acceptors (Lipinski definition) is 4. The molecule has 6 nitrogen and oxygen atoms in total. The van der Waals surface area contributed by atoms with Gasteiger partial charge in [0.2, 0.25) is 0 Å². The van der Waals surface area contributed by atoms with Crippen molar-refractivity contribution in [3.8, 4) is 0 Å². The SMILES string of the molecule is Cc1ccc(NC(=O)C(=O)NCC(O)c2ccc(N(C)C)cc2)cc1F. The van der Waals surface area contributed by atoms with Crippen molar-refractivity contribution in [1.82, 2.24) is 5.32 Å². The molecular formula is C19H22FN3O3. The minimum Gasteiger partial charge on any atom is -0.387 e. The van der Waals surface area contributed by atoms with Crippen LogP contribution < -0.4 is 15.5 Å². The third-order valence-electron chi connectivity index (χ3n) is 3.89. The molecule has 0 aromatic heterocycles. The zero-order chi connectivity index (χ0) is 19.3. The maximum atomic E-state index is 13.5. The van der Waals surface area contributed by atoms with Gasteiger partial charge in [0, 0.05) is 32.0 Å². The van der Waals surface area contributed by atoms with Gasteiger partial charge in [-0.2, -0.15) is 0 Å². The lowest BCUT2D eigenvalue weighted by molar-refractivity contribution is -0.136. The molecule has 0 aliphatic rings. The van der Waals surface area contributed by atoms with Crippen molar-refractivity contribution in [2.75, 3.05) is 30.9 Å². The van der Waals surface area contributed by atoms with Gasteiger partial charge in [0.15, 0.2) is 0 Å². The summed E-state index contributed by atoms with van der Waals surface area (Å²) in [5, 5.41) is 14.8. The number of hydrogen-bond donors (Lipinski definition) is 3. The van der Waals surface area contributed by atoms with Gasteiger partial charge >= 0.3 is 11.8 Å². The molecule has 0 bridgehead atoms. The number of carbonyl (C=O) groups is 2. The van der Waals surface area contributed by atoms with Crippen LogP contribution in [0.15, 0.2) is 42.5 Å². The second-order valence-electron chi connectivity index (χ2n) is 6.13. The van der Waals surface area contributed by atoms with E-state index in [2.05, 4.69) is 10.6 Å². The summed E-state index contributed by atoms with van der Waals surface area (Å²) in [4.78, 5) is 25.6. The Kier molecular flexibility index (Phi) is 6.30. The quantitative estimate of drug-likeness (QED) is 0.713. The molecule has 138 valence electrons. The van der Waals surface area contributed by atoms with Gasteiger partial charge in [-0.25, -0.2) is 4.39 Å². The predicted octanol–water partition coefficient (Wildman–Crippen LogP) is 1.99. The molecule has 2 aromatic rings. The Morgan fingerprint density at radius 1 is 1.12 bits per heavy atom. The maximum absolute atomic E-state index is 13.5. The summed E-state index contributed by atoms with van der Waals surface area (Å²) in [5.41, 5.74) is 2.23. The van der Waals surface area contributed by atoms with Crippen LogP contribution in [0.2, 0.25) is 0 Å². The molecule has 0 spiro atoms. The highest BCUT2D eigenvalue weighted by molar-refractivity contribution is 6.39. The highest BCUT2D eigenvalue weighted by Gasteiger charge is 2.16. The van der Waals surface area contributed by atoms with Gasteiger partial charge < -0.3 is 20.6 Å². The van der Waals surface area contributed by atoms with Gasteiger partial charge in [0.25, 0.3) is 0 Å². The topological polar surface area (TPSA) is 81.7 Å². The smallest absolute Gasteiger partial charge is 0.313 e. The molecule has 0 fully saturated rings. The zero-order valence-electron chi connectivity index (χ0n) is 14.9. The number of anilines is 2. The normalized spacial score (nSPS) is 11.6. The van der Waals surface area contributed by atoms with Crippen LogP contribution in [-0.4, -0.2) is 37.6 Å². The number of halogens is 1. The van der Waals surface area contributed by atoms with E-state index >= 15 is 0 Å². The van der Waals surface area contributed by atoms with E-state index in [4.69, 9.17) is 0 Å². The molecule has 0 saturated heterocycles. The van der Waals surface area contributed by atoms with Crippen LogP contribution in [-0.2, 0) is 9.59 Å². The first-order chi connectivity index (χ1) is 12.3. The fraction of sp³-hybridized carbons (Fsp3) is 0.263. The summed E-state index contributed by atoms with van der Waals surface area (Å²) >= 11 is 0. The molecule has 0 radical (unpaired) electrons. The van der Waals surface area contributed by atoms with E-state index in [1.807, 2.05) is 31.1 Å². The predicted molar refractivity (Wildman–Crippen MR) is 98.5 cm³/mol. The Morgan fingerprint density at radius 3 is 2.35 bits per heavy atom. The third kappa shape index (κ3) is 5.03. The molecule has 7 heteroatoms. The number of benzene rings is 2. The summed E-state index contributed by atoms with van der Waals surface area (Å²) in [6, 6.07) is 11.3. The van der Waals surface area contributed by atoms with Crippen molar-refractivity contribution in [3.05, 3.63) is 59.4 Å². The van der Waals surface area contributed by atoms with Gasteiger partial charge in [-0.3, -0.25) is 9.59 Å². The summed E-state index contributed by atoms with van der Waals surface area (Å²) in [5.74, 6) is -2.31. The first-order valence-corrected chi connectivity index (χ1v) is 8.08. The van der Waals surface area contributed by atoms with Crippen LogP contribution in [0.3, 0.4) is 0 Å². The Hall–Kier alpha value is -2.93. The summed E-state index contributed by atoms with van der Waals surface area (Å²) in [7, 11) is 3.81. The highest BCUT2D eigenvalue weighted by Crippen LogP contribution is 2.17. The van der Waals surface area contributed by atoms with E-state index in [1.54, 1.807) is 19.1 Å². The molecule has 0 aliphatic heterocycles. The minimum atomic E-state index is -0.945. The Balaban J connectivity index is 1.88. The van der Waals surface area contributed by atoms with E-state index in [9.17, 15) is 19.1 Å². The van der Waals surface area contributed by atoms with Crippen LogP contribution in [0.4, 0.5) is 15.8 Å². The van der Waals surface area contributed by atoms with E-state index in [-0.39, 0.29) is 12.2 Å². The molecule has 1 unspecified atom stereocenters. The van der Waals surface area contributed by atoms with E-state index in [0.29, 0.717) is 11.1 Å². The Morgan fingerprint density at radius 2 is 1.77 bits per heavy atom. The third-order valence-corrected chi connectivity index (χ3v) is 3.89. The number of aliphatic hydroxyl groups is 1. The Bertz CT molecular complexity index is 791. The molecule has 2 rings (SSSR count). The number of aryl methyl sites for hydroxylation is 1. The number of nitrogens with one attached hydrogen (secondary N) is 2. The van der Waals surface area contributed by atoms with Gasteiger partial charge in [0.05, 0.1) is 6.10 Å². The van der Waals surface area contributed by atoms with Crippen LogP contribution >= 0.6 is 0 Å². The molecule has 2 aromatic carbocycles. The summed E-state index contributed by atoms with van der Waals surface area (Å²) in [6.07, 6.45) is -0.945. The van der Waals surface area contributed by atoms with Gasteiger partial charge in [0.1, 0.15) is 5.82 Å². The lowest BCUT2D eigenvalue weighted by Crippen LogP contribution is -2.37. The average molecular weight is 359 g/mol. The second kappa shape index (κ2) is 8.44.